The van der Waals surface area contributed by atoms with Crippen molar-refractivity contribution >= 4 is 17.5 Å². The number of carbonyl (C=O) groups excluding carboxylic acids is 1. The summed E-state index contributed by atoms with van der Waals surface area (Å²) in [7, 11) is 0. The van der Waals surface area contributed by atoms with E-state index in [2.05, 4.69) is 4.98 Å². The average Bonchev–Trinajstić information content (AvgIpc) is 3.26. The summed E-state index contributed by atoms with van der Waals surface area (Å²) in [4.78, 5) is 19.3. The Labute approximate surface area is 152 Å². The molecule has 4 rings (SSSR count). The number of rotatable bonds is 3. The first-order valence-electron chi connectivity index (χ1n) is 8.80. The van der Waals surface area contributed by atoms with Gasteiger partial charge in [-0.15, -0.1) is 0 Å². The van der Waals surface area contributed by atoms with Crippen molar-refractivity contribution in [3.63, 3.8) is 0 Å². The van der Waals surface area contributed by atoms with E-state index in [9.17, 15) is 9.18 Å². The molecule has 2 aliphatic rings. The number of halogens is 1. The Morgan fingerprint density at radius 3 is 2.69 bits per heavy atom. The third-order valence-electron chi connectivity index (χ3n) is 4.45. The Bertz CT molecular complexity index is 774. The lowest BCUT2D eigenvalue weighted by Crippen LogP contribution is -2.27. The topological polar surface area (TPSA) is 71.7 Å². The molecule has 0 saturated carbocycles. The molecule has 26 heavy (non-hydrogen) atoms. The van der Waals surface area contributed by atoms with Crippen molar-refractivity contribution in [1.82, 2.24) is 4.98 Å². The summed E-state index contributed by atoms with van der Waals surface area (Å²) in [6.07, 6.45) is 2.72. The van der Waals surface area contributed by atoms with Crippen LogP contribution in [-0.2, 0) is 17.8 Å². The maximum atomic E-state index is 14.6. The molecule has 6 nitrogen and oxygen atoms in total. The predicted octanol–water partition coefficient (Wildman–Crippen LogP) is 3.05. The standard InChI is InChI=1S/C17H17FN4O2.C2H6/c18-15-5-13(22-10-14(6-19)24-17(22)23)1-2-16(15)21-8-11-3-4-20-7-12(11)9-21;1-2/h1-5,7,14H,6,8-10,19H2;1-2H3. The van der Waals surface area contributed by atoms with Crippen LogP contribution in [0.25, 0.3) is 0 Å². The molecule has 0 radical (unpaired) electrons. The quantitative estimate of drug-likeness (QED) is 0.913. The molecule has 0 aliphatic carbocycles. The van der Waals surface area contributed by atoms with Crippen LogP contribution in [0.15, 0.2) is 36.7 Å². The van der Waals surface area contributed by atoms with E-state index in [1.165, 1.54) is 11.0 Å². The highest BCUT2D eigenvalue weighted by atomic mass is 19.1. The highest BCUT2D eigenvalue weighted by molar-refractivity contribution is 5.90. The number of nitrogens with zero attached hydrogens (tertiary/aromatic N) is 3. The molecule has 2 N–H and O–H groups in total. The molecule has 3 heterocycles. The predicted molar refractivity (Wildman–Crippen MR) is 98.5 cm³/mol. The lowest BCUT2D eigenvalue weighted by Gasteiger charge is -2.20. The van der Waals surface area contributed by atoms with E-state index >= 15 is 0 Å². The van der Waals surface area contributed by atoms with E-state index in [-0.39, 0.29) is 18.5 Å². The highest BCUT2D eigenvalue weighted by Crippen LogP contribution is 2.32. The maximum absolute atomic E-state index is 14.6. The number of carbonyl (C=O) groups is 1. The molecule has 1 unspecified atom stereocenters. The number of ether oxygens (including phenoxy) is 1. The number of amides is 1. The molecule has 1 atom stereocenters. The van der Waals surface area contributed by atoms with Gasteiger partial charge in [0.25, 0.3) is 0 Å². The van der Waals surface area contributed by atoms with E-state index in [4.69, 9.17) is 10.5 Å². The minimum atomic E-state index is -0.489. The summed E-state index contributed by atoms with van der Waals surface area (Å²) in [6, 6.07) is 6.76. The summed E-state index contributed by atoms with van der Waals surface area (Å²) in [5.41, 5.74) is 8.78. The number of benzene rings is 1. The Hall–Kier alpha value is -2.67. The molecule has 2 aliphatic heterocycles. The van der Waals surface area contributed by atoms with Gasteiger partial charge in [0.2, 0.25) is 0 Å². The van der Waals surface area contributed by atoms with Crippen LogP contribution in [0.3, 0.4) is 0 Å². The zero-order valence-electron chi connectivity index (χ0n) is 15.0. The average molecular weight is 358 g/mol. The summed E-state index contributed by atoms with van der Waals surface area (Å²) in [6.45, 7) is 5.87. The Kier molecular flexibility index (Phi) is 5.37. The minimum Gasteiger partial charge on any atom is -0.443 e. The van der Waals surface area contributed by atoms with E-state index in [0.29, 0.717) is 31.0 Å². The van der Waals surface area contributed by atoms with E-state index < -0.39 is 6.09 Å². The van der Waals surface area contributed by atoms with Crippen LogP contribution in [0, 0.1) is 5.82 Å². The van der Waals surface area contributed by atoms with Gasteiger partial charge < -0.3 is 15.4 Å². The van der Waals surface area contributed by atoms with Gasteiger partial charge in [0, 0.05) is 32.0 Å². The van der Waals surface area contributed by atoms with Crippen molar-refractivity contribution < 1.29 is 13.9 Å². The van der Waals surface area contributed by atoms with Gasteiger partial charge in [0.15, 0.2) is 0 Å². The third kappa shape index (κ3) is 3.35. The number of anilines is 2. The zero-order chi connectivity index (χ0) is 18.7. The second-order valence-corrected chi connectivity index (χ2v) is 5.99. The van der Waals surface area contributed by atoms with Gasteiger partial charge in [-0.3, -0.25) is 9.88 Å². The van der Waals surface area contributed by atoms with Gasteiger partial charge in [-0.05, 0) is 35.4 Å². The van der Waals surface area contributed by atoms with Crippen LogP contribution in [0.5, 0.6) is 0 Å². The zero-order valence-corrected chi connectivity index (χ0v) is 15.0. The lowest BCUT2D eigenvalue weighted by atomic mass is 10.2. The van der Waals surface area contributed by atoms with Crippen molar-refractivity contribution in [1.29, 1.82) is 0 Å². The van der Waals surface area contributed by atoms with Crippen LogP contribution < -0.4 is 15.5 Å². The fourth-order valence-corrected chi connectivity index (χ4v) is 3.17. The molecule has 1 amide bonds. The summed E-state index contributed by atoms with van der Waals surface area (Å²) < 4.78 is 19.7. The smallest absolute Gasteiger partial charge is 0.414 e. The molecular formula is C19H23FN4O2. The number of hydrogen-bond acceptors (Lipinski definition) is 5. The normalized spacial score (nSPS) is 18.3. The Morgan fingerprint density at radius 1 is 1.27 bits per heavy atom. The molecule has 0 bridgehead atoms. The molecule has 1 fully saturated rings. The first-order valence-corrected chi connectivity index (χ1v) is 8.80. The number of hydrogen-bond donors (Lipinski definition) is 1. The van der Waals surface area contributed by atoms with Gasteiger partial charge in [0.05, 0.1) is 17.9 Å². The number of cyclic esters (lactones) is 1. The lowest BCUT2D eigenvalue weighted by molar-refractivity contribution is 0.145. The molecule has 1 aromatic heterocycles. The van der Waals surface area contributed by atoms with Crippen LogP contribution >= 0.6 is 0 Å². The molecule has 7 heteroatoms. The minimum absolute atomic E-state index is 0.253. The second-order valence-electron chi connectivity index (χ2n) is 5.99. The van der Waals surface area contributed by atoms with E-state index in [1.54, 1.807) is 18.3 Å². The Morgan fingerprint density at radius 2 is 2.04 bits per heavy atom. The van der Waals surface area contributed by atoms with E-state index in [1.807, 2.05) is 31.0 Å². The first-order chi connectivity index (χ1) is 12.7. The van der Waals surface area contributed by atoms with E-state index in [0.717, 1.165) is 11.1 Å². The van der Waals surface area contributed by atoms with Crippen LogP contribution in [0.1, 0.15) is 25.0 Å². The summed E-state index contributed by atoms with van der Waals surface area (Å²) in [5.74, 6) is -0.364. The number of pyridine rings is 1. The Balaban J connectivity index is 0.000000948. The van der Waals surface area contributed by atoms with Gasteiger partial charge >= 0.3 is 6.09 Å². The van der Waals surface area contributed by atoms with Crippen LogP contribution in [0.2, 0.25) is 0 Å². The molecule has 1 aromatic carbocycles. The number of aromatic nitrogens is 1. The SMILES string of the molecule is CC.NCC1CN(c2ccc(N3Cc4ccncc4C3)c(F)c2)C(=O)O1. The fourth-order valence-electron chi connectivity index (χ4n) is 3.17. The van der Waals surface area contributed by atoms with Gasteiger partial charge in [0.1, 0.15) is 11.9 Å². The van der Waals surface area contributed by atoms with Gasteiger partial charge in [-0.1, -0.05) is 13.8 Å². The molecule has 138 valence electrons. The largest absolute Gasteiger partial charge is 0.443 e. The fraction of sp³-hybridized carbons (Fsp3) is 0.368. The van der Waals surface area contributed by atoms with Gasteiger partial charge in [-0.25, -0.2) is 9.18 Å². The molecular weight excluding hydrogens is 335 g/mol. The summed E-state index contributed by atoms with van der Waals surface area (Å²) in [5, 5.41) is 0. The van der Waals surface area contributed by atoms with Crippen LogP contribution in [0.4, 0.5) is 20.6 Å². The molecule has 1 saturated heterocycles. The molecule has 0 spiro atoms. The number of fused-ring (bicyclic) bond motifs is 1. The first kappa shape index (κ1) is 18.1. The molecule has 2 aromatic rings. The summed E-state index contributed by atoms with van der Waals surface area (Å²) >= 11 is 0. The van der Waals surface area contributed by atoms with Gasteiger partial charge in [-0.2, -0.15) is 0 Å². The number of nitrogens with two attached hydrogens (primary N) is 1. The van der Waals surface area contributed by atoms with Crippen molar-refractivity contribution in [3.05, 3.63) is 53.6 Å². The highest BCUT2D eigenvalue weighted by Gasteiger charge is 2.32. The third-order valence-corrected chi connectivity index (χ3v) is 4.45. The van der Waals surface area contributed by atoms with Crippen molar-refractivity contribution in [2.45, 2.75) is 33.0 Å². The van der Waals surface area contributed by atoms with Crippen LogP contribution in [-0.4, -0.2) is 30.3 Å². The van der Waals surface area contributed by atoms with Crippen molar-refractivity contribution in [2.24, 2.45) is 5.73 Å². The monoisotopic (exact) mass is 358 g/mol. The second kappa shape index (κ2) is 7.70. The maximum Gasteiger partial charge on any atom is 0.414 e. The van der Waals surface area contributed by atoms with Crippen molar-refractivity contribution in [2.75, 3.05) is 22.9 Å². The van der Waals surface area contributed by atoms with Crippen molar-refractivity contribution in [3.8, 4) is 0 Å².